The van der Waals surface area contributed by atoms with Crippen LogP contribution in [0.15, 0.2) is 29.3 Å². The fourth-order valence-electron chi connectivity index (χ4n) is 3.16. The van der Waals surface area contributed by atoms with Crippen molar-refractivity contribution in [1.82, 2.24) is 15.5 Å². The van der Waals surface area contributed by atoms with Gasteiger partial charge in [0.05, 0.1) is 13.1 Å². The molecule has 0 saturated heterocycles. The van der Waals surface area contributed by atoms with E-state index in [0.717, 1.165) is 12.4 Å². The number of aliphatic imine (C=N–C) groups is 1. The molecular weight excluding hydrogens is 439 g/mol. The van der Waals surface area contributed by atoms with E-state index in [-0.39, 0.29) is 36.4 Å². The molecular formula is C20H33IN4O. The molecule has 0 heterocycles. The van der Waals surface area contributed by atoms with Crippen molar-refractivity contribution in [2.24, 2.45) is 10.9 Å². The summed E-state index contributed by atoms with van der Waals surface area (Å²) in [5.74, 6) is 1.40. The predicted octanol–water partition coefficient (Wildman–Crippen LogP) is 3.32. The molecule has 1 fully saturated rings. The van der Waals surface area contributed by atoms with E-state index in [1.165, 1.54) is 30.4 Å². The number of carbonyl (C=O) groups is 1. The van der Waals surface area contributed by atoms with Gasteiger partial charge in [0, 0.05) is 20.1 Å². The lowest BCUT2D eigenvalue weighted by molar-refractivity contribution is -0.127. The quantitative estimate of drug-likeness (QED) is 0.393. The third kappa shape index (κ3) is 7.51. The third-order valence-electron chi connectivity index (χ3n) is 4.84. The normalized spacial score (nSPS) is 20.1. The first-order chi connectivity index (χ1) is 12.0. The van der Waals surface area contributed by atoms with Gasteiger partial charge in [-0.3, -0.25) is 4.79 Å². The Labute approximate surface area is 175 Å². The summed E-state index contributed by atoms with van der Waals surface area (Å²) < 4.78 is 0. The highest BCUT2D eigenvalue weighted by molar-refractivity contribution is 14.0. The number of aryl methyl sites for hydroxylation is 1. The second kappa shape index (κ2) is 11.4. The van der Waals surface area contributed by atoms with E-state index in [4.69, 9.17) is 4.99 Å². The van der Waals surface area contributed by atoms with Gasteiger partial charge in [0.15, 0.2) is 5.96 Å². The molecule has 0 aliphatic heterocycles. The van der Waals surface area contributed by atoms with Crippen LogP contribution in [0.3, 0.4) is 0 Å². The van der Waals surface area contributed by atoms with E-state index in [1.807, 2.05) is 0 Å². The predicted molar refractivity (Wildman–Crippen MR) is 119 cm³/mol. The fraction of sp³-hybridized carbons (Fsp3) is 0.600. The smallest absolute Gasteiger partial charge is 0.241 e. The molecule has 0 aromatic heterocycles. The topological polar surface area (TPSA) is 56.7 Å². The fourth-order valence-corrected chi connectivity index (χ4v) is 3.16. The number of hydrogen-bond acceptors (Lipinski definition) is 2. The van der Waals surface area contributed by atoms with Crippen LogP contribution in [0, 0.1) is 12.8 Å². The van der Waals surface area contributed by atoms with Crippen LogP contribution in [-0.4, -0.2) is 43.4 Å². The number of nitrogens with one attached hydrogen (secondary N) is 2. The molecule has 1 aromatic carbocycles. The molecule has 1 aliphatic carbocycles. The highest BCUT2D eigenvalue weighted by Crippen LogP contribution is 2.23. The molecule has 2 unspecified atom stereocenters. The molecule has 0 radical (unpaired) electrons. The summed E-state index contributed by atoms with van der Waals surface area (Å²) in [7, 11) is 3.54. The van der Waals surface area contributed by atoms with Crippen LogP contribution in [0.25, 0.3) is 0 Å². The minimum Gasteiger partial charge on any atom is -0.353 e. The third-order valence-corrected chi connectivity index (χ3v) is 4.84. The maximum atomic E-state index is 11.9. The second-order valence-electron chi connectivity index (χ2n) is 7.31. The summed E-state index contributed by atoms with van der Waals surface area (Å²) in [6.45, 7) is 5.24. The highest BCUT2D eigenvalue weighted by Gasteiger charge is 2.22. The van der Waals surface area contributed by atoms with Crippen LogP contribution in [-0.2, 0) is 11.3 Å². The highest BCUT2D eigenvalue weighted by atomic mass is 127. The summed E-state index contributed by atoms with van der Waals surface area (Å²) in [5.41, 5.74) is 2.41. The number of rotatable bonds is 5. The van der Waals surface area contributed by atoms with Gasteiger partial charge in [0.25, 0.3) is 0 Å². The zero-order valence-corrected chi connectivity index (χ0v) is 18.7. The first-order valence-corrected chi connectivity index (χ1v) is 9.26. The van der Waals surface area contributed by atoms with Crippen molar-refractivity contribution >= 4 is 35.8 Å². The number of hydrogen-bond donors (Lipinski definition) is 2. The molecule has 1 aromatic rings. The van der Waals surface area contributed by atoms with E-state index in [0.29, 0.717) is 18.5 Å². The monoisotopic (exact) mass is 472 g/mol. The first-order valence-electron chi connectivity index (χ1n) is 9.26. The number of halogens is 1. The Kier molecular flexibility index (Phi) is 9.98. The van der Waals surface area contributed by atoms with Gasteiger partial charge in [-0.2, -0.15) is 0 Å². The van der Waals surface area contributed by atoms with E-state index >= 15 is 0 Å². The maximum absolute atomic E-state index is 11.9. The average molecular weight is 472 g/mol. The zero-order chi connectivity index (χ0) is 18.2. The van der Waals surface area contributed by atoms with Crippen molar-refractivity contribution < 1.29 is 4.79 Å². The van der Waals surface area contributed by atoms with Crippen LogP contribution < -0.4 is 10.6 Å². The van der Waals surface area contributed by atoms with E-state index in [2.05, 4.69) is 48.7 Å². The Morgan fingerprint density at radius 2 is 2.00 bits per heavy atom. The Bertz CT molecular complexity index is 603. The zero-order valence-electron chi connectivity index (χ0n) is 16.4. The van der Waals surface area contributed by atoms with Crippen molar-refractivity contribution in [3.8, 4) is 0 Å². The van der Waals surface area contributed by atoms with Crippen LogP contribution in [0.1, 0.15) is 43.7 Å². The minimum atomic E-state index is 0. The van der Waals surface area contributed by atoms with Crippen molar-refractivity contribution in [3.63, 3.8) is 0 Å². The van der Waals surface area contributed by atoms with Gasteiger partial charge in [-0.15, -0.1) is 24.0 Å². The Morgan fingerprint density at radius 1 is 1.27 bits per heavy atom. The number of likely N-dealkylation sites (N-methyl/N-ethyl adjacent to an activating group) is 1. The van der Waals surface area contributed by atoms with Crippen molar-refractivity contribution in [1.29, 1.82) is 0 Å². The van der Waals surface area contributed by atoms with Gasteiger partial charge in [-0.1, -0.05) is 49.6 Å². The molecule has 2 rings (SSSR count). The molecule has 1 amide bonds. The van der Waals surface area contributed by atoms with E-state index < -0.39 is 0 Å². The Hall–Kier alpha value is -1.31. The number of nitrogens with zero attached hydrogens (tertiary/aromatic N) is 2. The standard InChI is InChI=1S/C20H32N4O.HI/c1-15-8-7-10-17(12-15)13-21-20(22-14-19(25)24(3)4)23-18-11-6-5-9-16(18)2;/h7-8,10,12,16,18H,5-6,9,11,13-14H2,1-4H3,(H2,21,22,23);1H. The van der Waals surface area contributed by atoms with Gasteiger partial charge >= 0.3 is 0 Å². The van der Waals surface area contributed by atoms with Crippen LogP contribution in [0.4, 0.5) is 0 Å². The average Bonchev–Trinajstić information content (AvgIpc) is 2.58. The summed E-state index contributed by atoms with van der Waals surface area (Å²) >= 11 is 0. The molecule has 146 valence electrons. The number of guanidine groups is 1. The molecule has 6 heteroatoms. The van der Waals surface area contributed by atoms with Crippen molar-refractivity contribution in [2.75, 3.05) is 20.6 Å². The lowest BCUT2D eigenvalue weighted by Gasteiger charge is -2.31. The van der Waals surface area contributed by atoms with Crippen molar-refractivity contribution in [2.45, 2.75) is 52.1 Å². The largest absolute Gasteiger partial charge is 0.353 e. The number of amides is 1. The molecule has 1 aliphatic rings. The van der Waals surface area contributed by atoms with Crippen LogP contribution in [0.5, 0.6) is 0 Å². The minimum absolute atomic E-state index is 0. The molecule has 2 N–H and O–H groups in total. The number of carbonyl (C=O) groups excluding carboxylic acids is 1. The summed E-state index contributed by atoms with van der Waals surface area (Å²) in [6.07, 6.45) is 4.97. The molecule has 0 bridgehead atoms. The molecule has 2 atom stereocenters. The summed E-state index contributed by atoms with van der Waals surface area (Å²) in [4.78, 5) is 18.2. The second-order valence-corrected chi connectivity index (χ2v) is 7.31. The van der Waals surface area contributed by atoms with Crippen molar-refractivity contribution in [3.05, 3.63) is 35.4 Å². The Balaban J connectivity index is 0.00000338. The van der Waals surface area contributed by atoms with Gasteiger partial charge in [-0.25, -0.2) is 4.99 Å². The summed E-state index contributed by atoms with van der Waals surface area (Å²) in [6, 6.07) is 8.80. The van der Waals surface area contributed by atoms with E-state index in [1.54, 1.807) is 19.0 Å². The molecule has 5 nitrogen and oxygen atoms in total. The SMILES string of the molecule is Cc1cccc(CN=C(NCC(=O)N(C)C)NC2CCCCC2C)c1.I. The Morgan fingerprint density at radius 3 is 2.65 bits per heavy atom. The first kappa shape index (κ1) is 22.7. The molecule has 0 spiro atoms. The van der Waals surface area contributed by atoms with Gasteiger partial charge in [0.1, 0.15) is 0 Å². The van der Waals surface area contributed by atoms with Crippen LogP contribution in [0.2, 0.25) is 0 Å². The lowest BCUT2D eigenvalue weighted by Crippen LogP contribution is -2.49. The lowest BCUT2D eigenvalue weighted by atomic mass is 9.86. The maximum Gasteiger partial charge on any atom is 0.241 e. The summed E-state index contributed by atoms with van der Waals surface area (Å²) in [5, 5.41) is 6.75. The molecule has 26 heavy (non-hydrogen) atoms. The van der Waals surface area contributed by atoms with Gasteiger partial charge in [0.2, 0.25) is 5.91 Å². The molecule has 1 saturated carbocycles. The van der Waals surface area contributed by atoms with Gasteiger partial charge in [-0.05, 0) is 31.2 Å². The van der Waals surface area contributed by atoms with Crippen LogP contribution >= 0.6 is 24.0 Å². The number of benzene rings is 1. The van der Waals surface area contributed by atoms with E-state index in [9.17, 15) is 4.79 Å². The van der Waals surface area contributed by atoms with Gasteiger partial charge < -0.3 is 15.5 Å².